The first kappa shape index (κ1) is 15.5. The Kier molecular flexibility index (Phi) is 10.0. The fourth-order valence-corrected chi connectivity index (χ4v) is 1.36. The van der Waals surface area contributed by atoms with Crippen LogP contribution < -0.4 is 0 Å². The summed E-state index contributed by atoms with van der Waals surface area (Å²) < 4.78 is 0. The van der Waals surface area contributed by atoms with Gasteiger partial charge in [-0.05, 0) is 38.2 Å². The smallest absolute Gasteiger partial charge is 0.145 e. The van der Waals surface area contributed by atoms with Crippen LogP contribution in [0.15, 0.2) is 23.3 Å². The molecule has 0 heterocycles. The molecule has 0 fully saturated rings. The highest BCUT2D eigenvalue weighted by Crippen LogP contribution is 2.09. The summed E-state index contributed by atoms with van der Waals surface area (Å²) in [6, 6.07) is 0. The molecular formula is C14H20O3. The van der Waals surface area contributed by atoms with Gasteiger partial charge in [-0.1, -0.05) is 17.7 Å². The van der Waals surface area contributed by atoms with Gasteiger partial charge in [0.15, 0.2) is 0 Å². The first-order chi connectivity index (χ1) is 8.24. The van der Waals surface area contributed by atoms with Crippen molar-refractivity contribution in [2.45, 2.75) is 45.4 Å². The Morgan fingerprint density at radius 2 is 1.65 bits per heavy atom. The predicted molar refractivity (Wildman–Crippen MR) is 67.7 cm³/mol. The van der Waals surface area contributed by atoms with Crippen molar-refractivity contribution in [3.63, 3.8) is 0 Å². The standard InChI is InChI=1S/C14H20O3/c1-13(6-3-2-4-10-15)8-9-14(12-17)7-5-11-16/h6,9-12H,2-5,7-8H2,1H3/b13-6?,14-9-. The van der Waals surface area contributed by atoms with E-state index in [-0.39, 0.29) is 0 Å². The number of aldehydes is 3. The Morgan fingerprint density at radius 1 is 0.941 bits per heavy atom. The van der Waals surface area contributed by atoms with Gasteiger partial charge in [0.25, 0.3) is 0 Å². The summed E-state index contributed by atoms with van der Waals surface area (Å²) in [6.07, 6.45) is 10.5. The normalized spacial score (nSPS) is 12.3. The Labute approximate surface area is 103 Å². The lowest BCUT2D eigenvalue weighted by Gasteiger charge is -1.99. The molecule has 0 aromatic heterocycles. The summed E-state index contributed by atoms with van der Waals surface area (Å²) in [6.45, 7) is 2.00. The van der Waals surface area contributed by atoms with Crippen LogP contribution in [-0.4, -0.2) is 18.9 Å². The van der Waals surface area contributed by atoms with Crippen LogP contribution in [0.25, 0.3) is 0 Å². The van der Waals surface area contributed by atoms with Crippen molar-refractivity contribution in [3.8, 4) is 0 Å². The number of hydrogen-bond donors (Lipinski definition) is 0. The molecule has 0 unspecified atom stereocenters. The quantitative estimate of drug-likeness (QED) is 0.254. The molecule has 0 aliphatic heterocycles. The highest BCUT2D eigenvalue weighted by atomic mass is 16.1. The Balaban J connectivity index is 4.02. The zero-order chi connectivity index (χ0) is 12.9. The minimum absolute atomic E-state index is 0.396. The molecule has 0 saturated carbocycles. The molecule has 0 bridgehead atoms. The minimum Gasteiger partial charge on any atom is -0.303 e. The SMILES string of the molecule is CC(=CCCCC=O)C/C=C(\C=O)CCC=O. The third-order valence-corrected chi connectivity index (χ3v) is 2.41. The topological polar surface area (TPSA) is 51.2 Å². The van der Waals surface area contributed by atoms with Gasteiger partial charge in [0.05, 0.1) is 0 Å². The second-order valence-electron chi connectivity index (χ2n) is 3.95. The fourth-order valence-electron chi connectivity index (χ4n) is 1.36. The molecule has 0 saturated heterocycles. The second kappa shape index (κ2) is 11.0. The molecular weight excluding hydrogens is 216 g/mol. The third kappa shape index (κ3) is 9.42. The highest BCUT2D eigenvalue weighted by molar-refractivity contribution is 5.74. The fraction of sp³-hybridized carbons (Fsp3) is 0.500. The zero-order valence-corrected chi connectivity index (χ0v) is 10.4. The van der Waals surface area contributed by atoms with Crippen LogP contribution in [0.3, 0.4) is 0 Å². The molecule has 0 atom stereocenters. The van der Waals surface area contributed by atoms with E-state index in [1.54, 1.807) is 0 Å². The minimum atomic E-state index is 0.396. The maximum absolute atomic E-state index is 10.7. The van der Waals surface area contributed by atoms with E-state index in [1.165, 1.54) is 5.57 Å². The Morgan fingerprint density at radius 3 is 2.24 bits per heavy atom. The summed E-state index contributed by atoms with van der Waals surface area (Å²) in [7, 11) is 0. The van der Waals surface area contributed by atoms with E-state index in [4.69, 9.17) is 0 Å². The number of unbranched alkanes of at least 4 members (excludes halogenated alkanes) is 2. The van der Waals surface area contributed by atoms with Gasteiger partial charge < -0.3 is 9.59 Å². The molecule has 0 spiro atoms. The molecule has 0 aromatic rings. The van der Waals surface area contributed by atoms with Crippen LogP contribution in [0.4, 0.5) is 0 Å². The van der Waals surface area contributed by atoms with E-state index in [0.29, 0.717) is 24.8 Å². The molecule has 0 aliphatic rings. The molecule has 17 heavy (non-hydrogen) atoms. The largest absolute Gasteiger partial charge is 0.303 e. The first-order valence-electron chi connectivity index (χ1n) is 5.91. The van der Waals surface area contributed by atoms with Crippen molar-refractivity contribution in [2.75, 3.05) is 0 Å². The van der Waals surface area contributed by atoms with Gasteiger partial charge in [-0.3, -0.25) is 4.79 Å². The Bertz CT molecular complexity index is 301. The van der Waals surface area contributed by atoms with E-state index >= 15 is 0 Å². The molecule has 0 radical (unpaired) electrons. The molecule has 0 aliphatic carbocycles. The second-order valence-corrected chi connectivity index (χ2v) is 3.95. The highest BCUT2D eigenvalue weighted by Gasteiger charge is 1.95. The maximum atomic E-state index is 10.7. The molecule has 94 valence electrons. The molecule has 0 amide bonds. The number of carbonyl (C=O) groups is 3. The summed E-state index contributed by atoms with van der Waals surface area (Å²) >= 11 is 0. The summed E-state index contributed by atoms with van der Waals surface area (Å²) in [5.41, 5.74) is 1.86. The van der Waals surface area contributed by atoms with Crippen LogP contribution in [0, 0.1) is 0 Å². The van der Waals surface area contributed by atoms with Crippen molar-refractivity contribution >= 4 is 18.9 Å². The molecule has 0 rings (SSSR count). The monoisotopic (exact) mass is 236 g/mol. The van der Waals surface area contributed by atoms with E-state index in [2.05, 4.69) is 6.08 Å². The van der Waals surface area contributed by atoms with E-state index < -0.39 is 0 Å². The van der Waals surface area contributed by atoms with Crippen molar-refractivity contribution in [1.29, 1.82) is 0 Å². The van der Waals surface area contributed by atoms with Gasteiger partial charge >= 0.3 is 0 Å². The number of carbonyl (C=O) groups excluding carboxylic acids is 3. The van der Waals surface area contributed by atoms with Crippen LogP contribution in [0.1, 0.15) is 45.4 Å². The van der Waals surface area contributed by atoms with Crippen LogP contribution in [-0.2, 0) is 14.4 Å². The Hall–Kier alpha value is -1.51. The van der Waals surface area contributed by atoms with Crippen LogP contribution in [0.2, 0.25) is 0 Å². The van der Waals surface area contributed by atoms with E-state index in [1.807, 2.05) is 13.0 Å². The molecule has 3 heteroatoms. The maximum Gasteiger partial charge on any atom is 0.145 e. The molecule has 0 N–H and O–H groups in total. The lowest BCUT2D eigenvalue weighted by Crippen LogP contribution is -1.87. The number of hydrogen-bond acceptors (Lipinski definition) is 3. The third-order valence-electron chi connectivity index (χ3n) is 2.41. The van der Waals surface area contributed by atoms with Crippen LogP contribution in [0.5, 0.6) is 0 Å². The van der Waals surface area contributed by atoms with Crippen LogP contribution >= 0.6 is 0 Å². The average Bonchev–Trinajstić information content (AvgIpc) is 2.35. The summed E-state index contributed by atoms with van der Waals surface area (Å²) in [5.74, 6) is 0. The van der Waals surface area contributed by atoms with Crippen molar-refractivity contribution < 1.29 is 14.4 Å². The van der Waals surface area contributed by atoms with E-state index in [9.17, 15) is 14.4 Å². The van der Waals surface area contributed by atoms with Crippen molar-refractivity contribution in [1.82, 2.24) is 0 Å². The van der Waals surface area contributed by atoms with Gasteiger partial charge in [0.2, 0.25) is 0 Å². The van der Waals surface area contributed by atoms with Gasteiger partial charge in [-0.2, -0.15) is 0 Å². The summed E-state index contributed by atoms with van der Waals surface area (Å²) in [5, 5.41) is 0. The summed E-state index contributed by atoms with van der Waals surface area (Å²) in [4.78, 5) is 31.0. The lowest BCUT2D eigenvalue weighted by atomic mass is 10.1. The van der Waals surface area contributed by atoms with Crippen molar-refractivity contribution in [3.05, 3.63) is 23.3 Å². The van der Waals surface area contributed by atoms with Gasteiger partial charge in [-0.15, -0.1) is 0 Å². The van der Waals surface area contributed by atoms with Gasteiger partial charge in [0, 0.05) is 12.8 Å². The zero-order valence-electron chi connectivity index (χ0n) is 10.4. The average molecular weight is 236 g/mol. The van der Waals surface area contributed by atoms with E-state index in [0.717, 1.165) is 38.1 Å². The lowest BCUT2D eigenvalue weighted by molar-refractivity contribution is -0.108. The predicted octanol–water partition coefficient (Wildman–Crippen LogP) is 2.80. The van der Waals surface area contributed by atoms with Gasteiger partial charge in [-0.25, -0.2) is 0 Å². The van der Waals surface area contributed by atoms with Gasteiger partial charge in [0.1, 0.15) is 18.9 Å². The molecule has 0 aromatic carbocycles. The molecule has 3 nitrogen and oxygen atoms in total. The first-order valence-corrected chi connectivity index (χ1v) is 5.91. The number of allylic oxidation sites excluding steroid dienone is 4. The van der Waals surface area contributed by atoms with Crippen molar-refractivity contribution in [2.24, 2.45) is 0 Å². The number of rotatable bonds is 10.